The standard InChI is InChI=1S/C21H25N3O2/c1-15(2)13-16-3-9-19(10-4-16)21-23-20(24-26-21)18-7-5-17(6-8-18)14-22-11-12-25/h3-10,15,22,25H,11-14H2,1-2H3. The van der Waals surface area contributed by atoms with E-state index in [2.05, 4.69) is 41.4 Å². The van der Waals surface area contributed by atoms with E-state index < -0.39 is 0 Å². The highest BCUT2D eigenvalue weighted by Gasteiger charge is 2.11. The maximum atomic E-state index is 8.80. The van der Waals surface area contributed by atoms with Crippen molar-refractivity contribution in [1.29, 1.82) is 0 Å². The molecule has 5 nitrogen and oxygen atoms in total. The summed E-state index contributed by atoms with van der Waals surface area (Å²) in [6.07, 6.45) is 1.06. The third-order valence-corrected chi connectivity index (χ3v) is 4.10. The van der Waals surface area contributed by atoms with Crippen LogP contribution < -0.4 is 5.32 Å². The summed E-state index contributed by atoms with van der Waals surface area (Å²) >= 11 is 0. The summed E-state index contributed by atoms with van der Waals surface area (Å²) in [5.41, 5.74) is 4.31. The molecule has 0 saturated carbocycles. The molecule has 26 heavy (non-hydrogen) atoms. The molecule has 0 aliphatic carbocycles. The highest BCUT2D eigenvalue weighted by Crippen LogP contribution is 2.23. The molecule has 136 valence electrons. The van der Waals surface area contributed by atoms with Gasteiger partial charge in [0, 0.05) is 24.2 Å². The van der Waals surface area contributed by atoms with E-state index >= 15 is 0 Å². The van der Waals surface area contributed by atoms with Crippen LogP contribution in [-0.4, -0.2) is 28.4 Å². The molecule has 0 unspecified atom stereocenters. The lowest BCUT2D eigenvalue weighted by Crippen LogP contribution is -2.17. The van der Waals surface area contributed by atoms with Gasteiger partial charge in [-0.15, -0.1) is 0 Å². The molecule has 0 bridgehead atoms. The van der Waals surface area contributed by atoms with Crippen LogP contribution in [0.15, 0.2) is 53.1 Å². The zero-order chi connectivity index (χ0) is 18.4. The molecule has 1 aromatic heterocycles. The lowest BCUT2D eigenvalue weighted by Gasteiger charge is -2.04. The van der Waals surface area contributed by atoms with Gasteiger partial charge in [0.1, 0.15) is 0 Å². The van der Waals surface area contributed by atoms with Crippen LogP contribution in [0.3, 0.4) is 0 Å². The van der Waals surface area contributed by atoms with Crippen LogP contribution in [0.2, 0.25) is 0 Å². The van der Waals surface area contributed by atoms with Gasteiger partial charge in [-0.2, -0.15) is 4.98 Å². The summed E-state index contributed by atoms with van der Waals surface area (Å²) in [5, 5.41) is 16.1. The zero-order valence-electron chi connectivity index (χ0n) is 15.3. The van der Waals surface area contributed by atoms with Gasteiger partial charge in [-0.1, -0.05) is 55.4 Å². The molecule has 2 aromatic carbocycles. The van der Waals surface area contributed by atoms with Crippen molar-refractivity contribution in [1.82, 2.24) is 15.5 Å². The second-order valence-corrected chi connectivity index (χ2v) is 6.82. The monoisotopic (exact) mass is 351 g/mol. The van der Waals surface area contributed by atoms with E-state index in [1.54, 1.807) is 0 Å². The summed E-state index contributed by atoms with van der Waals surface area (Å²) in [6, 6.07) is 16.3. The van der Waals surface area contributed by atoms with E-state index in [4.69, 9.17) is 9.63 Å². The number of hydrogen-bond acceptors (Lipinski definition) is 5. The van der Waals surface area contributed by atoms with Crippen molar-refractivity contribution in [2.24, 2.45) is 5.92 Å². The Morgan fingerprint density at radius 1 is 0.962 bits per heavy atom. The highest BCUT2D eigenvalue weighted by molar-refractivity contribution is 5.60. The van der Waals surface area contributed by atoms with Gasteiger partial charge in [-0.05, 0) is 35.6 Å². The van der Waals surface area contributed by atoms with Crippen molar-refractivity contribution in [3.63, 3.8) is 0 Å². The first kappa shape index (κ1) is 18.3. The Bertz CT molecular complexity index is 808. The number of benzene rings is 2. The lowest BCUT2D eigenvalue weighted by molar-refractivity contribution is 0.292. The average Bonchev–Trinajstić information content (AvgIpc) is 3.13. The van der Waals surface area contributed by atoms with Gasteiger partial charge in [0.05, 0.1) is 6.61 Å². The predicted molar refractivity (Wildman–Crippen MR) is 103 cm³/mol. The predicted octanol–water partition coefficient (Wildman–Crippen LogP) is 3.68. The second-order valence-electron chi connectivity index (χ2n) is 6.82. The fraction of sp³-hybridized carbons (Fsp3) is 0.333. The van der Waals surface area contributed by atoms with Crippen molar-refractivity contribution >= 4 is 0 Å². The molecule has 0 atom stereocenters. The third kappa shape index (κ3) is 4.77. The number of nitrogens with one attached hydrogen (secondary N) is 1. The van der Waals surface area contributed by atoms with E-state index in [9.17, 15) is 0 Å². The molecular formula is C21H25N3O2. The second kappa shape index (κ2) is 8.74. The molecule has 2 N–H and O–H groups in total. The van der Waals surface area contributed by atoms with Crippen LogP contribution in [0.1, 0.15) is 25.0 Å². The molecule has 1 heterocycles. The smallest absolute Gasteiger partial charge is 0.258 e. The Morgan fingerprint density at radius 2 is 1.62 bits per heavy atom. The maximum absolute atomic E-state index is 8.80. The van der Waals surface area contributed by atoms with Gasteiger partial charge in [0.15, 0.2) is 0 Å². The maximum Gasteiger partial charge on any atom is 0.258 e. The Kier molecular flexibility index (Phi) is 6.15. The van der Waals surface area contributed by atoms with E-state index in [-0.39, 0.29) is 6.61 Å². The number of nitrogens with zero attached hydrogens (tertiary/aromatic N) is 2. The van der Waals surface area contributed by atoms with Crippen LogP contribution in [-0.2, 0) is 13.0 Å². The Labute approximate surface area is 154 Å². The van der Waals surface area contributed by atoms with Crippen molar-refractivity contribution in [2.45, 2.75) is 26.8 Å². The fourth-order valence-corrected chi connectivity index (χ4v) is 2.80. The quantitative estimate of drug-likeness (QED) is 0.606. The van der Waals surface area contributed by atoms with Crippen LogP contribution in [0, 0.1) is 5.92 Å². The van der Waals surface area contributed by atoms with Crippen molar-refractivity contribution in [3.05, 3.63) is 59.7 Å². The van der Waals surface area contributed by atoms with Gasteiger partial charge >= 0.3 is 0 Å². The minimum absolute atomic E-state index is 0.141. The molecule has 0 aliphatic heterocycles. The summed E-state index contributed by atoms with van der Waals surface area (Å²) in [7, 11) is 0. The molecule has 5 heteroatoms. The van der Waals surface area contributed by atoms with Gasteiger partial charge in [0.2, 0.25) is 5.82 Å². The van der Waals surface area contributed by atoms with Gasteiger partial charge in [0.25, 0.3) is 5.89 Å². The van der Waals surface area contributed by atoms with E-state index in [1.165, 1.54) is 5.56 Å². The van der Waals surface area contributed by atoms with E-state index in [0.717, 1.165) is 29.7 Å². The molecule has 3 aromatic rings. The Morgan fingerprint density at radius 3 is 2.27 bits per heavy atom. The van der Waals surface area contributed by atoms with Crippen LogP contribution in [0.5, 0.6) is 0 Å². The first-order chi connectivity index (χ1) is 12.7. The van der Waals surface area contributed by atoms with Crippen LogP contribution in [0.25, 0.3) is 22.8 Å². The zero-order valence-corrected chi connectivity index (χ0v) is 15.3. The number of rotatable bonds is 8. The van der Waals surface area contributed by atoms with Crippen LogP contribution >= 0.6 is 0 Å². The summed E-state index contributed by atoms with van der Waals surface area (Å²) in [5.74, 6) is 1.75. The topological polar surface area (TPSA) is 71.2 Å². The number of aromatic nitrogens is 2. The molecular weight excluding hydrogens is 326 g/mol. The molecule has 0 saturated heterocycles. The first-order valence-corrected chi connectivity index (χ1v) is 8.99. The number of aliphatic hydroxyl groups is 1. The van der Waals surface area contributed by atoms with Gasteiger partial charge < -0.3 is 14.9 Å². The molecule has 0 aliphatic rings. The van der Waals surface area contributed by atoms with Gasteiger partial charge in [-0.25, -0.2) is 0 Å². The Hall–Kier alpha value is -2.50. The largest absolute Gasteiger partial charge is 0.395 e. The van der Waals surface area contributed by atoms with Crippen molar-refractivity contribution in [2.75, 3.05) is 13.2 Å². The summed E-state index contributed by atoms with van der Waals surface area (Å²) in [6.45, 7) is 5.88. The van der Waals surface area contributed by atoms with E-state index in [0.29, 0.717) is 24.2 Å². The molecule has 0 fully saturated rings. The normalized spacial score (nSPS) is 11.2. The summed E-state index contributed by atoms with van der Waals surface area (Å²) in [4.78, 5) is 4.52. The highest BCUT2D eigenvalue weighted by atomic mass is 16.5. The SMILES string of the molecule is CC(C)Cc1ccc(-c2nc(-c3ccc(CNCCO)cc3)no2)cc1. The average molecular weight is 351 g/mol. The molecule has 0 radical (unpaired) electrons. The minimum atomic E-state index is 0.141. The van der Waals surface area contributed by atoms with E-state index in [1.807, 2.05) is 36.4 Å². The molecule has 0 amide bonds. The molecule has 3 rings (SSSR count). The van der Waals surface area contributed by atoms with Gasteiger partial charge in [-0.3, -0.25) is 0 Å². The fourth-order valence-electron chi connectivity index (χ4n) is 2.80. The minimum Gasteiger partial charge on any atom is -0.395 e. The van der Waals surface area contributed by atoms with Crippen molar-refractivity contribution < 1.29 is 9.63 Å². The molecule has 0 spiro atoms. The third-order valence-electron chi connectivity index (χ3n) is 4.10. The summed E-state index contributed by atoms with van der Waals surface area (Å²) < 4.78 is 5.43. The number of aliphatic hydroxyl groups excluding tert-OH is 1. The number of hydrogen-bond donors (Lipinski definition) is 2. The first-order valence-electron chi connectivity index (χ1n) is 8.99. The van der Waals surface area contributed by atoms with Crippen molar-refractivity contribution in [3.8, 4) is 22.8 Å². The lowest BCUT2D eigenvalue weighted by atomic mass is 10.0. The van der Waals surface area contributed by atoms with Crippen LogP contribution in [0.4, 0.5) is 0 Å². The Balaban J connectivity index is 1.69.